The number of carbonyl (C=O) groups excluding carboxylic acids is 3. The predicted octanol–water partition coefficient (Wildman–Crippen LogP) is 4.72. The maximum Gasteiger partial charge on any atom is 0.408 e. The molecule has 0 radical (unpaired) electrons. The number of aliphatic hydroxyl groups is 1. The molecule has 3 amide bonds. The van der Waals surface area contributed by atoms with Gasteiger partial charge < -0.3 is 25.4 Å². The van der Waals surface area contributed by atoms with Crippen molar-refractivity contribution in [1.29, 1.82) is 0 Å². The first-order chi connectivity index (χ1) is 17.3. The van der Waals surface area contributed by atoms with Crippen LogP contribution < -0.4 is 10.6 Å². The van der Waals surface area contributed by atoms with E-state index in [9.17, 15) is 19.5 Å². The maximum atomic E-state index is 14.0. The minimum atomic E-state index is -1.28. The van der Waals surface area contributed by atoms with Crippen molar-refractivity contribution in [2.45, 2.75) is 109 Å². The van der Waals surface area contributed by atoms with Gasteiger partial charge in [0.05, 0.1) is 6.61 Å². The molecule has 8 heteroatoms. The van der Waals surface area contributed by atoms with E-state index in [0.717, 1.165) is 37.7 Å². The van der Waals surface area contributed by atoms with E-state index >= 15 is 0 Å². The highest BCUT2D eigenvalue weighted by atomic mass is 16.6. The van der Waals surface area contributed by atoms with E-state index in [-0.39, 0.29) is 11.9 Å². The Bertz CT molecular complexity index is 947. The predicted molar refractivity (Wildman–Crippen MR) is 146 cm³/mol. The fourth-order valence-corrected chi connectivity index (χ4v) is 4.55. The van der Waals surface area contributed by atoms with Gasteiger partial charge in [0.15, 0.2) is 0 Å². The Kier molecular flexibility index (Phi) is 10.7. The van der Waals surface area contributed by atoms with Gasteiger partial charge in [-0.05, 0) is 71.1 Å². The largest absolute Gasteiger partial charge is 0.444 e. The van der Waals surface area contributed by atoms with Crippen LogP contribution >= 0.6 is 0 Å². The highest BCUT2D eigenvalue weighted by molar-refractivity contribution is 5.93. The number of amides is 3. The zero-order chi connectivity index (χ0) is 27.8. The molecule has 0 saturated heterocycles. The van der Waals surface area contributed by atoms with E-state index in [4.69, 9.17) is 4.74 Å². The van der Waals surface area contributed by atoms with Crippen molar-refractivity contribution in [3.63, 3.8) is 0 Å². The van der Waals surface area contributed by atoms with Crippen LogP contribution in [0.4, 0.5) is 4.79 Å². The summed E-state index contributed by atoms with van der Waals surface area (Å²) in [5, 5.41) is 15.8. The van der Waals surface area contributed by atoms with Crippen molar-refractivity contribution in [2.75, 3.05) is 6.61 Å². The number of carbonyl (C=O) groups is 3. The number of rotatable bonds is 10. The standard InChI is InChI=1S/C29H45N3O5/c1-8-20-14-13-15-21(18-20)24(25(34)30-22-16-11-10-12-17-22)32(29(6,7)9-2)26(35)23(19-33)31-27(36)37-28(3,4)5/h8,13-15,18,22-24,33H,1,9-12,16-17,19H2,2-7H3,(H,30,34)(H,31,36). The number of ether oxygens (including phenoxy) is 1. The van der Waals surface area contributed by atoms with Crippen LogP contribution in [-0.4, -0.2) is 57.7 Å². The van der Waals surface area contributed by atoms with E-state index < -0.39 is 41.8 Å². The first-order valence-electron chi connectivity index (χ1n) is 13.3. The van der Waals surface area contributed by atoms with Gasteiger partial charge in [0.1, 0.15) is 17.7 Å². The lowest BCUT2D eigenvalue weighted by Gasteiger charge is -2.45. The molecule has 8 nitrogen and oxygen atoms in total. The Labute approximate surface area is 221 Å². The fourth-order valence-electron chi connectivity index (χ4n) is 4.55. The fraction of sp³-hybridized carbons (Fsp3) is 0.621. The van der Waals surface area contributed by atoms with E-state index in [1.807, 2.05) is 45.0 Å². The second-order valence-electron chi connectivity index (χ2n) is 11.4. The summed E-state index contributed by atoms with van der Waals surface area (Å²) in [6.07, 6.45) is 6.47. The van der Waals surface area contributed by atoms with E-state index in [0.29, 0.717) is 12.0 Å². The second kappa shape index (κ2) is 13.1. The summed E-state index contributed by atoms with van der Waals surface area (Å²) in [7, 11) is 0. The number of nitrogens with zero attached hydrogens (tertiary/aromatic N) is 1. The molecule has 1 fully saturated rings. The summed E-state index contributed by atoms with van der Waals surface area (Å²) in [6.45, 7) is 14.0. The second-order valence-corrected chi connectivity index (χ2v) is 11.4. The van der Waals surface area contributed by atoms with Gasteiger partial charge in [-0.15, -0.1) is 0 Å². The van der Waals surface area contributed by atoms with Crippen LogP contribution in [0.5, 0.6) is 0 Å². The van der Waals surface area contributed by atoms with Crippen molar-refractivity contribution >= 4 is 24.0 Å². The van der Waals surface area contributed by atoms with E-state index in [1.54, 1.807) is 26.8 Å². The third-order valence-electron chi connectivity index (χ3n) is 6.85. The number of hydrogen-bond donors (Lipinski definition) is 3. The van der Waals surface area contributed by atoms with Gasteiger partial charge in [-0.25, -0.2) is 4.79 Å². The molecule has 2 unspecified atom stereocenters. The van der Waals surface area contributed by atoms with Crippen LogP contribution in [0.15, 0.2) is 30.8 Å². The number of aliphatic hydroxyl groups excluding tert-OH is 1. The molecule has 0 bridgehead atoms. The Morgan fingerprint density at radius 3 is 2.35 bits per heavy atom. The van der Waals surface area contributed by atoms with Gasteiger partial charge in [-0.1, -0.05) is 57.0 Å². The van der Waals surface area contributed by atoms with Crippen molar-refractivity contribution in [2.24, 2.45) is 0 Å². The van der Waals surface area contributed by atoms with Gasteiger partial charge in [-0.2, -0.15) is 0 Å². The molecule has 0 aromatic heterocycles. The normalized spacial score (nSPS) is 16.3. The summed E-state index contributed by atoms with van der Waals surface area (Å²) in [5.41, 5.74) is -0.100. The molecule has 37 heavy (non-hydrogen) atoms. The van der Waals surface area contributed by atoms with Crippen molar-refractivity contribution in [3.05, 3.63) is 42.0 Å². The van der Waals surface area contributed by atoms with Crippen LogP contribution in [0.2, 0.25) is 0 Å². The monoisotopic (exact) mass is 515 g/mol. The average molecular weight is 516 g/mol. The SMILES string of the molecule is C=Cc1cccc(C(C(=O)NC2CCCCC2)N(C(=O)C(CO)NC(=O)OC(C)(C)C)C(C)(C)CC)c1. The molecule has 0 spiro atoms. The average Bonchev–Trinajstić information content (AvgIpc) is 2.84. The highest BCUT2D eigenvalue weighted by Crippen LogP contribution is 2.33. The van der Waals surface area contributed by atoms with E-state index in [1.165, 1.54) is 4.90 Å². The molecular weight excluding hydrogens is 470 g/mol. The zero-order valence-corrected chi connectivity index (χ0v) is 23.3. The van der Waals surface area contributed by atoms with Gasteiger partial charge >= 0.3 is 6.09 Å². The highest BCUT2D eigenvalue weighted by Gasteiger charge is 2.43. The molecule has 1 aliphatic rings. The summed E-state index contributed by atoms with van der Waals surface area (Å²) in [6, 6.07) is 5.16. The third-order valence-corrected chi connectivity index (χ3v) is 6.85. The lowest BCUT2D eigenvalue weighted by molar-refractivity contribution is -0.150. The van der Waals surface area contributed by atoms with Gasteiger partial charge in [0.2, 0.25) is 11.8 Å². The van der Waals surface area contributed by atoms with Crippen LogP contribution in [0.25, 0.3) is 6.08 Å². The van der Waals surface area contributed by atoms with Gasteiger partial charge in [-0.3, -0.25) is 9.59 Å². The van der Waals surface area contributed by atoms with Crippen LogP contribution in [0, 0.1) is 0 Å². The molecule has 206 valence electrons. The summed E-state index contributed by atoms with van der Waals surface area (Å²) in [5.74, 6) is -0.843. The molecule has 1 aliphatic carbocycles. The number of alkyl carbamates (subject to hydrolysis) is 1. The minimum Gasteiger partial charge on any atom is -0.444 e. The molecule has 0 aliphatic heterocycles. The molecule has 1 aromatic carbocycles. The molecule has 1 saturated carbocycles. The first-order valence-corrected chi connectivity index (χ1v) is 13.3. The summed E-state index contributed by atoms with van der Waals surface area (Å²) < 4.78 is 5.31. The van der Waals surface area contributed by atoms with Crippen LogP contribution in [0.1, 0.15) is 97.2 Å². The van der Waals surface area contributed by atoms with Crippen molar-refractivity contribution in [3.8, 4) is 0 Å². The Morgan fingerprint density at radius 1 is 1.16 bits per heavy atom. The Morgan fingerprint density at radius 2 is 1.81 bits per heavy atom. The topological polar surface area (TPSA) is 108 Å². The van der Waals surface area contributed by atoms with Crippen LogP contribution in [0.3, 0.4) is 0 Å². The smallest absolute Gasteiger partial charge is 0.408 e. The maximum absolute atomic E-state index is 14.0. The zero-order valence-electron chi connectivity index (χ0n) is 23.3. The van der Waals surface area contributed by atoms with Crippen molar-refractivity contribution in [1.82, 2.24) is 15.5 Å². The summed E-state index contributed by atoms with van der Waals surface area (Å²) >= 11 is 0. The Hall–Kier alpha value is -2.87. The molecule has 0 heterocycles. The molecule has 2 rings (SSSR count). The first kappa shape index (κ1) is 30.4. The molecule has 2 atom stereocenters. The van der Waals surface area contributed by atoms with E-state index in [2.05, 4.69) is 17.2 Å². The molecular formula is C29H45N3O5. The molecule has 1 aromatic rings. The number of hydrogen-bond acceptors (Lipinski definition) is 5. The quantitative estimate of drug-likeness (QED) is 0.418. The summed E-state index contributed by atoms with van der Waals surface area (Å²) in [4.78, 5) is 42.0. The van der Waals surface area contributed by atoms with Gasteiger partial charge in [0.25, 0.3) is 0 Å². The third kappa shape index (κ3) is 8.59. The molecule has 3 N–H and O–H groups in total. The minimum absolute atomic E-state index is 0.0431. The van der Waals surface area contributed by atoms with Gasteiger partial charge in [0, 0.05) is 11.6 Å². The van der Waals surface area contributed by atoms with Crippen molar-refractivity contribution < 1.29 is 24.2 Å². The lowest BCUT2D eigenvalue weighted by atomic mass is 9.90. The number of nitrogens with one attached hydrogen (secondary N) is 2. The number of benzene rings is 1. The lowest BCUT2D eigenvalue weighted by Crippen LogP contribution is -2.60. The van der Waals surface area contributed by atoms with Crippen LogP contribution in [-0.2, 0) is 14.3 Å². The Balaban J connectivity index is 2.53.